The van der Waals surface area contributed by atoms with E-state index in [0.717, 1.165) is 17.7 Å². The van der Waals surface area contributed by atoms with Gasteiger partial charge < -0.3 is 20.3 Å². The molecule has 1 aromatic carbocycles. The number of carboxylic acids is 1. The summed E-state index contributed by atoms with van der Waals surface area (Å²) >= 11 is 0. The van der Waals surface area contributed by atoms with E-state index in [1.807, 2.05) is 38.1 Å². The Morgan fingerprint density at radius 1 is 1.26 bits per heavy atom. The minimum Gasteiger partial charge on any atom is -0.494 e. The van der Waals surface area contributed by atoms with E-state index in [-0.39, 0.29) is 0 Å². The molecule has 1 aromatic rings. The Labute approximate surface area is 138 Å². The van der Waals surface area contributed by atoms with Gasteiger partial charge in [0.1, 0.15) is 11.8 Å². The minimum atomic E-state index is -0.842. The molecule has 130 valence electrons. The lowest BCUT2D eigenvalue weighted by Gasteiger charge is -2.18. The topological polar surface area (TPSA) is 78.8 Å². The fourth-order valence-corrected chi connectivity index (χ4v) is 2.31. The van der Waals surface area contributed by atoms with Crippen molar-refractivity contribution in [1.82, 2.24) is 5.32 Å². The van der Waals surface area contributed by atoms with Crippen molar-refractivity contribution >= 4 is 5.97 Å². The lowest BCUT2D eigenvalue weighted by molar-refractivity contribution is -0.139. The molecule has 0 fully saturated rings. The van der Waals surface area contributed by atoms with Crippen molar-refractivity contribution in [3.8, 4) is 5.75 Å². The van der Waals surface area contributed by atoms with E-state index in [1.54, 1.807) is 0 Å². The summed E-state index contributed by atoms with van der Waals surface area (Å²) in [5.74, 6) is 0.263. The normalized spacial score (nSPS) is 13.8. The van der Waals surface area contributed by atoms with Crippen molar-refractivity contribution < 1.29 is 19.7 Å². The van der Waals surface area contributed by atoms with Crippen molar-refractivity contribution in [2.24, 2.45) is 5.92 Å². The Morgan fingerprint density at radius 3 is 2.43 bits per heavy atom. The number of benzene rings is 1. The summed E-state index contributed by atoms with van der Waals surface area (Å²) in [5, 5.41) is 22.4. The molecular formula is C18H29NO4. The molecule has 0 spiro atoms. The molecule has 0 unspecified atom stereocenters. The van der Waals surface area contributed by atoms with Crippen molar-refractivity contribution in [1.29, 1.82) is 0 Å². The zero-order chi connectivity index (χ0) is 17.2. The number of aliphatic hydroxyl groups excluding tert-OH is 1. The van der Waals surface area contributed by atoms with Gasteiger partial charge in [0.05, 0.1) is 12.7 Å². The molecule has 0 aliphatic heterocycles. The maximum atomic E-state index is 11.2. The molecular weight excluding hydrogens is 294 g/mol. The number of hydrogen-bond acceptors (Lipinski definition) is 4. The van der Waals surface area contributed by atoms with Crippen LogP contribution in [0.15, 0.2) is 24.3 Å². The highest BCUT2D eigenvalue weighted by Gasteiger charge is 2.18. The molecule has 0 saturated carbocycles. The summed E-state index contributed by atoms with van der Waals surface area (Å²) in [6.45, 7) is 7.18. The standard InChI is InChI=1S/C18H29NO4/c1-4-11-23-15-7-5-14(6-8-15)17(20)9-10-19-16(18(21)22)12-13(2)3/h5-8,13,16-17,19-20H,4,9-12H2,1-3H3,(H,21,22)/t16-,17-/m0/s1. The van der Waals surface area contributed by atoms with E-state index >= 15 is 0 Å². The van der Waals surface area contributed by atoms with Gasteiger partial charge in [0.15, 0.2) is 0 Å². The summed E-state index contributed by atoms with van der Waals surface area (Å²) in [5.41, 5.74) is 0.811. The molecule has 0 heterocycles. The highest BCUT2D eigenvalue weighted by atomic mass is 16.5. The van der Waals surface area contributed by atoms with Gasteiger partial charge in [-0.15, -0.1) is 0 Å². The molecule has 0 radical (unpaired) electrons. The van der Waals surface area contributed by atoms with Crippen molar-refractivity contribution in [2.75, 3.05) is 13.2 Å². The Morgan fingerprint density at radius 2 is 1.91 bits per heavy atom. The largest absolute Gasteiger partial charge is 0.494 e. The maximum Gasteiger partial charge on any atom is 0.320 e. The Bertz CT molecular complexity index is 459. The zero-order valence-electron chi connectivity index (χ0n) is 14.3. The fraction of sp³-hybridized carbons (Fsp3) is 0.611. The van der Waals surface area contributed by atoms with E-state index in [2.05, 4.69) is 12.2 Å². The van der Waals surface area contributed by atoms with Crippen LogP contribution < -0.4 is 10.1 Å². The summed E-state index contributed by atoms with van der Waals surface area (Å²) in [7, 11) is 0. The lowest BCUT2D eigenvalue weighted by Crippen LogP contribution is -2.38. The number of hydrogen-bond donors (Lipinski definition) is 3. The van der Waals surface area contributed by atoms with Crippen LogP contribution in [-0.4, -0.2) is 35.4 Å². The van der Waals surface area contributed by atoms with E-state index < -0.39 is 18.1 Å². The first kappa shape index (κ1) is 19.5. The van der Waals surface area contributed by atoms with Crippen LogP contribution in [0.3, 0.4) is 0 Å². The van der Waals surface area contributed by atoms with Crippen LogP contribution >= 0.6 is 0 Å². The van der Waals surface area contributed by atoms with Gasteiger partial charge in [-0.1, -0.05) is 32.9 Å². The second-order valence-corrected chi connectivity index (χ2v) is 6.20. The second kappa shape index (κ2) is 10.2. The molecule has 0 amide bonds. The summed E-state index contributed by atoms with van der Waals surface area (Å²) in [4.78, 5) is 11.2. The van der Waals surface area contributed by atoms with Gasteiger partial charge in [0.25, 0.3) is 0 Å². The Hall–Kier alpha value is -1.59. The number of rotatable bonds is 11. The predicted octanol–water partition coefficient (Wildman–Crippen LogP) is 2.99. The molecule has 1 rings (SSSR count). The first-order valence-electron chi connectivity index (χ1n) is 8.31. The third kappa shape index (κ3) is 7.48. The Kier molecular flexibility index (Phi) is 8.66. The summed E-state index contributed by atoms with van der Waals surface area (Å²) in [6, 6.07) is 6.82. The zero-order valence-corrected chi connectivity index (χ0v) is 14.3. The van der Waals surface area contributed by atoms with Crippen LogP contribution in [-0.2, 0) is 4.79 Å². The Balaban J connectivity index is 2.43. The number of aliphatic carboxylic acids is 1. The molecule has 5 nitrogen and oxygen atoms in total. The van der Waals surface area contributed by atoms with Crippen molar-refractivity contribution in [3.05, 3.63) is 29.8 Å². The molecule has 0 aliphatic rings. The number of carbonyl (C=O) groups is 1. The minimum absolute atomic E-state index is 0.309. The van der Waals surface area contributed by atoms with E-state index in [4.69, 9.17) is 9.84 Å². The monoisotopic (exact) mass is 323 g/mol. The van der Waals surface area contributed by atoms with Gasteiger partial charge >= 0.3 is 5.97 Å². The highest BCUT2D eigenvalue weighted by molar-refractivity contribution is 5.73. The molecule has 0 aromatic heterocycles. The van der Waals surface area contributed by atoms with Crippen LogP contribution in [0.5, 0.6) is 5.75 Å². The van der Waals surface area contributed by atoms with Crippen LogP contribution in [0, 0.1) is 5.92 Å². The predicted molar refractivity (Wildman–Crippen MR) is 90.7 cm³/mol. The molecule has 0 saturated heterocycles. The lowest BCUT2D eigenvalue weighted by atomic mass is 10.0. The molecule has 2 atom stereocenters. The van der Waals surface area contributed by atoms with Gasteiger partial charge in [0.2, 0.25) is 0 Å². The van der Waals surface area contributed by atoms with Crippen LogP contribution in [0.1, 0.15) is 51.7 Å². The van der Waals surface area contributed by atoms with Gasteiger partial charge in [-0.2, -0.15) is 0 Å². The van der Waals surface area contributed by atoms with Crippen LogP contribution in [0.4, 0.5) is 0 Å². The third-order valence-electron chi connectivity index (χ3n) is 3.55. The molecule has 0 bridgehead atoms. The second-order valence-electron chi connectivity index (χ2n) is 6.20. The first-order valence-corrected chi connectivity index (χ1v) is 8.31. The maximum absolute atomic E-state index is 11.2. The number of carboxylic acid groups (broad SMARTS) is 1. The number of ether oxygens (including phenoxy) is 1. The van der Waals surface area contributed by atoms with E-state index in [9.17, 15) is 9.90 Å². The van der Waals surface area contributed by atoms with Gasteiger partial charge in [-0.25, -0.2) is 0 Å². The smallest absolute Gasteiger partial charge is 0.320 e. The number of nitrogens with one attached hydrogen (secondary N) is 1. The van der Waals surface area contributed by atoms with Crippen LogP contribution in [0.2, 0.25) is 0 Å². The quantitative estimate of drug-likeness (QED) is 0.583. The average Bonchev–Trinajstić information content (AvgIpc) is 2.51. The fourth-order valence-electron chi connectivity index (χ4n) is 2.31. The first-order chi connectivity index (χ1) is 10.9. The summed E-state index contributed by atoms with van der Waals surface area (Å²) < 4.78 is 5.51. The van der Waals surface area contributed by atoms with Crippen molar-refractivity contribution in [2.45, 2.75) is 52.2 Å². The van der Waals surface area contributed by atoms with E-state index in [1.165, 1.54) is 0 Å². The molecule has 5 heteroatoms. The van der Waals surface area contributed by atoms with E-state index in [0.29, 0.717) is 31.9 Å². The van der Waals surface area contributed by atoms with Crippen LogP contribution in [0.25, 0.3) is 0 Å². The average molecular weight is 323 g/mol. The number of aliphatic hydroxyl groups is 1. The van der Waals surface area contributed by atoms with Gasteiger partial charge in [0, 0.05) is 0 Å². The SMILES string of the molecule is CCCOc1ccc([C@@H](O)CCN[C@@H](CC(C)C)C(=O)O)cc1. The van der Waals surface area contributed by atoms with Gasteiger partial charge in [-0.3, -0.25) is 4.79 Å². The summed E-state index contributed by atoms with van der Waals surface area (Å²) in [6.07, 6.45) is 1.39. The highest BCUT2D eigenvalue weighted by Crippen LogP contribution is 2.20. The van der Waals surface area contributed by atoms with Crippen molar-refractivity contribution in [3.63, 3.8) is 0 Å². The molecule has 23 heavy (non-hydrogen) atoms. The van der Waals surface area contributed by atoms with Gasteiger partial charge in [-0.05, 0) is 49.4 Å². The third-order valence-corrected chi connectivity index (χ3v) is 3.55. The molecule has 3 N–H and O–H groups in total. The molecule has 0 aliphatic carbocycles.